The first kappa shape index (κ1) is 16.3. The average molecular weight is 413 g/mol. The number of guanidine groups is 1. The molecule has 0 saturated heterocycles. The van der Waals surface area contributed by atoms with E-state index in [1.54, 1.807) is 11.3 Å². The summed E-state index contributed by atoms with van der Waals surface area (Å²) in [5.74, 6) is 0.498. The van der Waals surface area contributed by atoms with E-state index in [0.29, 0.717) is 12.5 Å². The Hall–Kier alpha value is -1.08. The van der Waals surface area contributed by atoms with Crippen LogP contribution in [0.3, 0.4) is 0 Å². The molecule has 1 aliphatic rings. The van der Waals surface area contributed by atoms with Crippen molar-refractivity contribution in [2.45, 2.75) is 32.2 Å². The molecule has 3 nitrogen and oxygen atoms in total. The van der Waals surface area contributed by atoms with E-state index in [0.717, 1.165) is 12.1 Å². The molecular formula is C16H20IN3S. The van der Waals surface area contributed by atoms with Gasteiger partial charge in [0.2, 0.25) is 0 Å². The highest BCUT2D eigenvalue weighted by atomic mass is 127. The summed E-state index contributed by atoms with van der Waals surface area (Å²) in [6.07, 6.45) is 4.87. The molecule has 112 valence electrons. The van der Waals surface area contributed by atoms with Crippen molar-refractivity contribution in [1.82, 2.24) is 0 Å². The summed E-state index contributed by atoms with van der Waals surface area (Å²) in [5, 5.41) is 5.32. The second kappa shape index (κ2) is 7.79. The summed E-state index contributed by atoms with van der Waals surface area (Å²) in [7, 11) is 0. The number of nitrogens with zero attached hydrogens (tertiary/aromatic N) is 1. The summed E-state index contributed by atoms with van der Waals surface area (Å²) in [4.78, 5) is 5.63. The van der Waals surface area contributed by atoms with Gasteiger partial charge >= 0.3 is 0 Å². The van der Waals surface area contributed by atoms with Gasteiger partial charge in [-0.1, -0.05) is 18.2 Å². The lowest BCUT2D eigenvalue weighted by Gasteiger charge is -2.19. The molecule has 0 bridgehead atoms. The number of rotatable bonds is 3. The van der Waals surface area contributed by atoms with Crippen molar-refractivity contribution in [1.29, 1.82) is 0 Å². The minimum Gasteiger partial charge on any atom is -0.370 e. The highest BCUT2D eigenvalue weighted by Gasteiger charge is 2.12. The van der Waals surface area contributed by atoms with Gasteiger partial charge in [-0.25, -0.2) is 4.99 Å². The number of nitrogens with two attached hydrogens (primary N) is 1. The van der Waals surface area contributed by atoms with E-state index < -0.39 is 0 Å². The Balaban J connectivity index is 0.00000161. The lowest BCUT2D eigenvalue weighted by Crippen LogP contribution is -2.24. The van der Waals surface area contributed by atoms with Gasteiger partial charge in [0.1, 0.15) is 0 Å². The predicted molar refractivity (Wildman–Crippen MR) is 102 cm³/mol. The van der Waals surface area contributed by atoms with Crippen LogP contribution in [0.5, 0.6) is 0 Å². The van der Waals surface area contributed by atoms with Gasteiger partial charge < -0.3 is 11.1 Å². The zero-order valence-electron chi connectivity index (χ0n) is 11.8. The Labute approximate surface area is 146 Å². The van der Waals surface area contributed by atoms with Crippen LogP contribution in [-0.2, 0) is 19.4 Å². The normalized spacial score (nSPS) is 14.2. The van der Waals surface area contributed by atoms with E-state index in [-0.39, 0.29) is 24.0 Å². The fourth-order valence-electron chi connectivity index (χ4n) is 2.64. The van der Waals surface area contributed by atoms with Gasteiger partial charge in [-0.3, -0.25) is 0 Å². The van der Waals surface area contributed by atoms with E-state index >= 15 is 0 Å². The van der Waals surface area contributed by atoms with Crippen molar-refractivity contribution in [3.05, 3.63) is 51.7 Å². The Morgan fingerprint density at radius 3 is 2.86 bits per heavy atom. The fraction of sp³-hybridized carbons (Fsp3) is 0.312. The number of anilines is 1. The van der Waals surface area contributed by atoms with Crippen LogP contribution in [0.1, 0.15) is 28.8 Å². The highest BCUT2D eigenvalue weighted by molar-refractivity contribution is 14.0. The maximum Gasteiger partial charge on any atom is 0.193 e. The molecule has 0 spiro atoms. The maximum absolute atomic E-state index is 6.00. The molecule has 0 unspecified atom stereocenters. The lowest BCUT2D eigenvalue weighted by molar-refractivity contribution is 0.687. The zero-order chi connectivity index (χ0) is 13.8. The Morgan fingerprint density at radius 1 is 1.19 bits per heavy atom. The average Bonchev–Trinajstić information content (AvgIpc) is 2.99. The predicted octanol–water partition coefficient (Wildman–Crippen LogP) is 4.17. The second-order valence-corrected chi connectivity index (χ2v) is 6.09. The van der Waals surface area contributed by atoms with E-state index in [9.17, 15) is 0 Å². The number of thiophene rings is 1. The molecule has 0 atom stereocenters. The number of hydrogen-bond acceptors (Lipinski definition) is 2. The molecule has 21 heavy (non-hydrogen) atoms. The van der Waals surface area contributed by atoms with Crippen molar-refractivity contribution < 1.29 is 0 Å². The van der Waals surface area contributed by atoms with Gasteiger partial charge in [-0.15, -0.1) is 35.3 Å². The molecule has 0 aliphatic heterocycles. The zero-order valence-corrected chi connectivity index (χ0v) is 15.0. The summed E-state index contributed by atoms with van der Waals surface area (Å²) in [5.41, 5.74) is 9.98. The van der Waals surface area contributed by atoms with Crippen LogP contribution < -0.4 is 11.1 Å². The number of nitrogens with one attached hydrogen (secondary N) is 1. The molecule has 3 rings (SSSR count). The van der Waals surface area contributed by atoms with Crippen molar-refractivity contribution in [2.24, 2.45) is 10.7 Å². The molecule has 1 heterocycles. The van der Waals surface area contributed by atoms with E-state index in [1.165, 1.54) is 35.3 Å². The van der Waals surface area contributed by atoms with Gasteiger partial charge in [0.25, 0.3) is 0 Å². The first-order chi connectivity index (χ1) is 9.83. The number of aliphatic imine (C=N–C) groups is 1. The van der Waals surface area contributed by atoms with Crippen molar-refractivity contribution >= 4 is 47.0 Å². The third-order valence-electron chi connectivity index (χ3n) is 3.64. The monoisotopic (exact) mass is 413 g/mol. The van der Waals surface area contributed by atoms with Gasteiger partial charge in [0.15, 0.2) is 5.96 Å². The third kappa shape index (κ3) is 4.20. The molecule has 1 aromatic carbocycles. The number of aryl methyl sites for hydroxylation is 1. The minimum absolute atomic E-state index is 0. The van der Waals surface area contributed by atoms with Gasteiger partial charge in [-0.05, 0) is 54.3 Å². The fourth-order valence-corrected chi connectivity index (χ4v) is 3.27. The van der Waals surface area contributed by atoms with Crippen molar-refractivity contribution in [3.8, 4) is 0 Å². The molecule has 0 amide bonds. The Bertz CT molecular complexity index is 608. The molecule has 0 radical (unpaired) electrons. The molecule has 3 N–H and O–H groups in total. The summed E-state index contributed by atoms with van der Waals surface area (Å²) in [6.45, 7) is 0.644. The second-order valence-electron chi connectivity index (χ2n) is 5.06. The SMILES string of the molecule is I.NC(=NCc1cccs1)Nc1cccc2c1CCCC2. The molecular weight excluding hydrogens is 393 g/mol. The van der Waals surface area contributed by atoms with Crippen LogP contribution in [0.2, 0.25) is 0 Å². The van der Waals surface area contributed by atoms with E-state index in [2.05, 4.69) is 40.0 Å². The highest BCUT2D eigenvalue weighted by Crippen LogP contribution is 2.27. The molecule has 5 heteroatoms. The lowest BCUT2D eigenvalue weighted by atomic mass is 9.90. The summed E-state index contributed by atoms with van der Waals surface area (Å²) < 4.78 is 0. The number of benzene rings is 1. The van der Waals surface area contributed by atoms with E-state index in [4.69, 9.17) is 5.73 Å². The maximum atomic E-state index is 6.00. The van der Waals surface area contributed by atoms with Gasteiger partial charge in [0.05, 0.1) is 6.54 Å². The van der Waals surface area contributed by atoms with E-state index in [1.807, 2.05) is 6.07 Å². The largest absolute Gasteiger partial charge is 0.370 e. The standard InChI is InChI=1S/C16H19N3S.HI/c17-16(18-11-13-7-4-10-20-13)19-15-9-3-6-12-5-1-2-8-14(12)15;/h3-4,6-7,9-10H,1-2,5,8,11H2,(H3,17,18,19);1H. The summed E-state index contributed by atoms with van der Waals surface area (Å²) in [6, 6.07) is 10.5. The van der Waals surface area contributed by atoms with Crippen molar-refractivity contribution in [3.63, 3.8) is 0 Å². The topological polar surface area (TPSA) is 50.4 Å². The number of halogens is 1. The molecule has 2 aromatic rings. The Kier molecular flexibility index (Phi) is 6.05. The number of fused-ring (bicyclic) bond motifs is 1. The molecule has 0 fully saturated rings. The van der Waals surface area contributed by atoms with Crippen molar-refractivity contribution in [2.75, 3.05) is 5.32 Å². The first-order valence-electron chi connectivity index (χ1n) is 7.03. The quantitative estimate of drug-likeness (QED) is 0.451. The smallest absolute Gasteiger partial charge is 0.193 e. The van der Waals surface area contributed by atoms with Crippen LogP contribution in [0.25, 0.3) is 0 Å². The molecule has 1 aliphatic carbocycles. The minimum atomic E-state index is 0. The third-order valence-corrected chi connectivity index (χ3v) is 4.51. The van der Waals surface area contributed by atoms with Gasteiger partial charge in [0, 0.05) is 10.6 Å². The van der Waals surface area contributed by atoms with Gasteiger partial charge in [-0.2, -0.15) is 0 Å². The molecule has 0 saturated carbocycles. The van der Waals surface area contributed by atoms with Crippen LogP contribution in [0, 0.1) is 0 Å². The summed E-state index contributed by atoms with van der Waals surface area (Å²) >= 11 is 1.70. The molecule has 1 aromatic heterocycles. The van der Waals surface area contributed by atoms with Crippen LogP contribution in [0.4, 0.5) is 5.69 Å². The first-order valence-corrected chi connectivity index (χ1v) is 7.91. The van der Waals surface area contributed by atoms with Crippen LogP contribution in [0.15, 0.2) is 40.7 Å². The Morgan fingerprint density at radius 2 is 2.05 bits per heavy atom. The van der Waals surface area contributed by atoms with Crippen LogP contribution in [-0.4, -0.2) is 5.96 Å². The number of hydrogen-bond donors (Lipinski definition) is 2. The van der Waals surface area contributed by atoms with Crippen LogP contribution >= 0.6 is 35.3 Å².